The first-order valence-corrected chi connectivity index (χ1v) is 5.49. The highest BCUT2D eigenvalue weighted by molar-refractivity contribution is 7.82. The van der Waals surface area contributed by atoms with E-state index in [1.54, 1.807) is 0 Å². The molecule has 0 amide bonds. The number of Topliss-reactive ketones (excluding diaryl/α,β-unsaturated/α-hetero) is 1. The van der Waals surface area contributed by atoms with E-state index < -0.39 is 12.0 Å². The molecule has 0 bridgehead atoms. The van der Waals surface area contributed by atoms with Gasteiger partial charge in [-0.25, -0.2) is 4.79 Å². The quantitative estimate of drug-likeness (QED) is 0.769. The summed E-state index contributed by atoms with van der Waals surface area (Å²) >= 11 is 4.77. The Bertz CT molecular complexity index is 431. The molecule has 0 aromatic heterocycles. The summed E-state index contributed by atoms with van der Waals surface area (Å²) in [5.74, 6) is -1.36. The van der Waals surface area contributed by atoms with E-state index in [2.05, 4.69) is 5.32 Å². The SMILES string of the molecule is CC(=O)C(=S)NC(Cc1ccccc1)C(=O)O. The molecule has 0 radical (unpaired) electrons. The average molecular weight is 251 g/mol. The normalized spacial score (nSPS) is 11.6. The Balaban J connectivity index is 2.71. The van der Waals surface area contributed by atoms with Gasteiger partial charge in [0.05, 0.1) is 0 Å². The van der Waals surface area contributed by atoms with Crippen molar-refractivity contribution in [2.45, 2.75) is 19.4 Å². The summed E-state index contributed by atoms with van der Waals surface area (Å²) in [6, 6.07) is 8.29. The zero-order valence-corrected chi connectivity index (χ0v) is 10.2. The minimum absolute atomic E-state index is 0.0478. The summed E-state index contributed by atoms with van der Waals surface area (Å²) in [5.41, 5.74) is 0.874. The Hall–Kier alpha value is -1.75. The van der Waals surface area contributed by atoms with Gasteiger partial charge in [0, 0.05) is 13.3 Å². The third-order valence-corrected chi connectivity index (χ3v) is 2.61. The Morgan fingerprint density at radius 3 is 2.41 bits per heavy atom. The minimum Gasteiger partial charge on any atom is -0.480 e. The van der Waals surface area contributed by atoms with Gasteiger partial charge in [-0.05, 0) is 5.56 Å². The molecule has 0 fully saturated rings. The predicted molar refractivity (Wildman–Crippen MR) is 68.0 cm³/mol. The van der Waals surface area contributed by atoms with Crippen LogP contribution in [0.3, 0.4) is 0 Å². The van der Waals surface area contributed by atoms with Gasteiger partial charge in [0.2, 0.25) is 0 Å². The zero-order chi connectivity index (χ0) is 12.8. The van der Waals surface area contributed by atoms with Crippen LogP contribution in [-0.2, 0) is 16.0 Å². The van der Waals surface area contributed by atoms with Gasteiger partial charge in [-0.3, -0.25) is 4.79 Å². The van der Waals surface area contributed by atoms with E-state index in [4.69, 9.17) is 17.3 Å². The standard InChI is InChI=1S/C12H13NO3S/c1-8(14)11(17)13-10(12(15)16)7-9-5-3-2-4-6-9/h2-6,10H,7H2,1H3,(H,13,17)(H,15,16). The van der Waals surface area contributed by atoms with Crippen molar-refractivity contribution in [2.75, 3.05) is 0 Å². The second kappa shape index (κ2) is 6.10. The molecule has 17 heavy (non-hydrogen) atoms. The molecule has 1 rings (SSSR count). The molecule has 0 aliphatic heterocycles. The number of hydrogen-bond donors (Lipinski definition) is 2. The highest BCUT2D eigenvalue weighted by Gasteiger charge is 2.19. The van der Waals surface area contributed by atoms with Gasteiger partial charge in [-0.2, -0.15) is 0 Å². The van der Waals surface area contributed by atoms with E-state index in [1.807, 2.05) is 30.3 Å². The Morgan fingerprint density at radius 2 is 1.94 bits per heavy atom. The minimum atomic E-state index is -1.03. The number of aliphatic carboxylic acids is 1. The second-order valence-corrected chi connectivity index (χ2v) is 4.02. The van der Waals surface area contributed by atoms with Crippen molar-refractivity contribution in [3.05, 3.63) is 35.9 Å². The van der Waals surface area contributed by atoms with Crippen LogP contribution in [0.15, 0.2) is 30.3 Å². The molecule has 0 saturated carbocycles. The van der Waals surface area contributed by atoms with Crippen LogP contribution in [-0.4, -0.2) is 27.9 Å². The summed E-state index contributed by atoms with van der Waals surface area (Å²) in [4.78, 5) is 21.9. The molecule has 1 aromatic carbocycles. The third-order valence-electron chi connectivity index (χ3n) is 2.21. The largest absolute Gasteiger partial charge is 0.480 e. The molecule has 1 aromatic rings. The monoisotopic (exact) mass is 251 g/mol. The first kappa shape index (κ1) is 13.3. The molecule has 0 spiro atoms. The molecule has 0 heterocycles. The van der Waals surface area contributed by atoms with Gasteiger partial charge in [-0.15, -0.1) is 0 Å². The Labute approximate surface area is 105 Å². The maximum atomic E-state index is 11.0. The molecule has 1 unspecified atom stereocenters. The number of hydrogen-bond acceptors (Lipinski definition) is 3. The topological polar surface area (TPSA) is 66.4 Å². The summed E-state index contributed by atoms with van der Waals surface area (Å²) in [6.07, 6.45) is 0.281. The Morgan fingerprint density at radius 1 is 1.35 bits per heavy atom. The lowest BCUT2D eigenvalue weighted by molar-refractivity contribution is -0.139. The number of carbonyl (C=O) groups excluding carboxylic acids is 1. The Kier molecular flexibility index (Phi) is 4.78. The van der Waals surface area contributed by atoms with Crippen molar-refractivity contribution in [2.24, 2.45) is 0 Å². The van der Waals surface area contributed by atoms with Crippen LogP contribution >= 0.6 is 12.2 Å². The lowest BCUT2D eigenvalue weighted by atomic mass is 10.1. The van der Waals surface area contributed by atoms with Crippen LogP contribution in [0.5, 0.6) is 0 Å². The van der Waals surface area contributed by atoms with E-state index in [0.717, 1.165) is 5.56 Å². The fourth-order valence-electron chi connectivity index (χ4n) is 1.31. The number of ketones is 1. The molecule has 0 saturated heterocycles. The molecule has 0 aliphatic rings. The van der Waals surface area contributed by atoms with E-state index in [-0.39, 0.29) is 17.2 Å². The van der Waals surface area contributed by atoms with Gasteiger partial charge in [0.15, 0.2) is 5.78 Å². The number of thiocarbonyl (C=S) groups is 1. The van der Waals surface area contributed by atoms with E-state index in [0.29, 0.717) is 0 Å². The third kappa shape index (κ3) is 4.32. The van der Waals surface area contributed by atoms with Crippen LogP contribution in [0.4, 0.5) is 0 Å². The first-order valence-electron chi connectivity index (χ1n) is 5.09. The fourth-order valence-corrected chi connectivity index (χ4v) is 1.45. The molecule has 1 atom stereocenters. The van der Waals surface area contributed by atoms with Crippen LogP contribution < -0.4 is 5.32 Å². The second-order valence-electron chi connectivity index (χ2n) is 3.61. The van der Waals surface area contributed by atoms with E-state index in [9.17, 15) is 9.59 Å². The lowest BCUT2D eigenvalue weighted by Crippen LogP contribution is -2.43. The molecule has 5 heteroatoms. The van der Waals surface area contributed by atoms with Crippen molar-refractivity contribution >= 4 is 29.0 Å². The lowest BCUT2D eigenvalue weighted by Gasteiger charge is -2.14. The predicted octanol–water partition coefficient (Wildman–Crippen LogP) is 1.19. The number of carboxylic acids is 1. The van der Waals surface area contributed by atoms with E-state index >= 15 is 0 Å². The van der Waals surface area contributed by atoms with Crippen molar-refractivity contribution < 1.29 is 14.7 Å². The zero-order valence-electron chi connectivity index (χ0n) is 9.34. The summed E-state index contributed by atoms with van der Waals surface area (Å²) in [7, 11) is 0. The van der Waals surface area contributed by atoms with Crippen molar-refractivity contribution in [3.8, 4) is 0 Å². The molecule has 4 nitrogen and oxygen atoms in total. The maximum Gasteiger partial charge on any atom is 0.326 e. The van der Waals surface area contributed by atoms with Crippen LogP contribution in [0.2, 0.25) is 0 Å². The van der Waals surface area contributed by atoms with Crippen molar-refractivity contribution in [1.29, 1.82) is 0 Å². The van der Waals surface area contributed by atoms with Gasteiger partial charge in [0.1, 0.15) is 11.0 Å². The number of benzene rings is 1. The number of nitrogens with one attached hydrogen (secondary N) is 1. The van der Waals surface area contributed by atoms with Crippen molar-refractivity contribution in [1.82, 2.24) is 5.32 Å². The van der Waals surface area contributed by atoms with Gasteiger partial charge in [-0.1, -0.05) is 42.5 Å². The van der Waals surface area contributed by atoms with E-state index in [1.165, 1.54) is 6.92 Å². The van der Waals surface area contributed by atoms with Gasteiger partial charge >= 0.3 is 5.97 Å². The fraction of sp³-hybridized carbons (Fsp3) is 0.250. The maximum absolute atomic E-state index is 11.0. The number of carbonyl (C=O) groups is 2. The molecule has 0 aliphatic carbocycles. The average Bonchev–Trinajstić information content (AvgIpc) is 2.29. The van der Waals surface area contributed by atoms with Crippen LogP contribution in [0, 0.1) is 0 Å². The molecule has 90 valence electrons. The smallest absolute Gasteiger partial charge is 0.326 e. The molecular formula is C12H13NO3S. The number of rotatable bonds is 5. The van der Waals surface area contributed by atoms with Crippen LogP contribution in [0.25, 0.3) is 0 Å². The first-order chi connectivity index (χ1) is 8.00. The highest BCUT2D eigenvalue weighted by Crippen LogP contribution is 2.03. The molecular weight excluding hydrogens is 238 g/mol. The van der Waals surface area contributed by atoms with Crippen LogP contribution in [0.1, 0.15) is 12.5 Å². The summed E-state index contributed by atoms with van der Waals surface area (Å²) in [6.45, 7) is 1.30. The van der Waals surface area contributed by atoms with Gasteiger partial charge < -0.3 is 10.4 Å². The number of carboxylic acid groups (broad SMARTS) is 1. The molecule has 2 N–H and O–H groups in total. The highest BCUT2D eigenvalue weighted by atomic mass is 32.1. The van der Waals surface area contributed by atoms with Crippen molar-refractivity contribution in [3.63, 3.8) is 0 Å². The summed E-state index contributed by atoms with van der Waals surface area (Å²) < 4.78 is 0. The van der Waals surface area contributed by atoms with Gasteiger partial charge in [0.25, 0.3) is 0 Å². The summed E-state index contributed by atoms with van der Waals surface area (Å²) in [5, 5.41) is 11.6.